The summed E-state index contributed by atoms with van der Waals surface area (Å²) in [6.07, 6.45) is 11.8. The fourth-order valence-corrected chi connectivity index (χ4v) is 2.71. The maximum absolute atomic E-state index is 12.0. The van der Waals surface area contributed by atoms with E-state index in [0.717, 1.165) is 31.2 Å². The van der Waals surface area contributed by atoms with Crippen molar-refractivity contribution in [3.8, 4) is 0 Å². The van der Waals surface area contributed by atoms with Crippen LogP contribution in [0.25, 0.3) is 6.08 Å². The molecular formula is C24H35NO2. The molecule has 27 heavy (non-hydrogen) atoms. The molecule has 0 heterocycles. The van der Waals surface area contributed by atoms with Gasteiger partial charge in [-0.25, -0.2) is 0 Å². The monoisotopic (exact) mass is 369 g/mol. The third-order valence-electron chi connectivity index (χ3n) is 4.33. The molecule has 0 atom stereocenters. The van der Waals surface area contributed by atoms with Crippen molar-refractivity contribution in [1.82, 2.24) is 5.32 Å². The maximum Gasteiger partial charge on any atom is 0.251 e. The molecule has 0 aliphatic carbocycles. The number of aliphatic hydroxyl groups excluding tert-OH is 1. The highest BCUT2D eigenvalue weighted by Crippen LogP contribution is 2.15. The molecule has 0 unspecified atom stereocenters. The van der Waals surface area contributed by atoms with Gasteiger partial charge in [0, 0.05) is 18.7 Å². The second-order valence-corrected chi connectivity index (χ2v) is 7.36. The van der Waals surface area contributed by atoms with Gasteiger partial charge in [0.1, 0.15) is 0 Å². The van der Waals surface area contributed by atoms with Crippen molar-refractivity contribution in [2.45, 2.75) is 59.8 Å². The Kier molecular flexibility index (Phi) is 11.1. The number of rotatable bonds is 11. The van der Waals surface area contributed by atoms with E-state index in [4.69, 9.17) is 5.11 Å². The van der Waals surface area contributed by atoms with E-state index in [1.165, 1.54) is 16.7 Å². The SMILES string of the molecule is CC(C)=CCCC(C)=CCCC(C)=Cc1ccc(C(=O)NCCCO)cc1. The van der Waals surface area contributed by atoms with Crippen LogP contribution >= 0.6 is 0 Å². The molecule has 1 aromatic carbocycles. The molecule has 2 N–H and O–H groups in total. The Bertz CT molecular complexity index is 662. The smallest absolute Gasteiger partial charge is 0.251 e. The van der Waals surface area contributed by atoms with Gasteiger partial charge in [-0.05, 0) is 77.5 Å². The van der Waals surface area contributed by atoms with Crippen LogP contribution in [0.1, 0.15) is 75.7 Å². The van der Waals surface area contributed by atoms with Crippen LogP contribution in [-0.4, -0.2) is 24.2 Å². The lowest BCUT2D eigenvalue weighted by Crippen LogP contribution is -2.24. The quantitative estimate of drug-likeness (QED) is 0.390. The van der Waals surface area contributed by atoms with Crippen molar-refractivity contribution in [1.29, 1.82) is 0 Å². The van der Waals surface area contributed by atoms with Crippen LogP contribution in [0.3, 0.4) is 0 Å². The Morgan fingerprint density at radius 3 is 2.22 bits per heavy atom. The van der Waals surface area contributed by atoms with Crippen molar-refractivity contribution in [3.63, 3.8) is 0 Å². The first-order valence-corrected chi connectivity index (χ1v) is 9.87. The lowest BCUT2D eigenvalue weighted by Gasteiger charge is -2.05. The van der Waals surface area contributed by atoms with Crippen LogP contribution in [0.15, 0.2) is 53.1 Å². The largest absolute Gasteiger partial charge is 0.396 e. The molecule has 1 rings (SSSR count). The molecule has 0 radical (unpaired) electrons. The van der Waals surface area contributed by atoms with Gasteiger partial charge in [0.15, 0.2) is 0 Å². The first-order valence-electron chi connectivity index (χ1n) is 9.87. The summed E-state index contributed by atoms with van der Waals surface area (Å²) >= 11 is 0. The van der Waals surface area contributed by atoms with Gasteiger partial charge in [-0.2, -0.15) is 0 Å². The van der Waals surface area contributed by atoms with Gasteiger partial charge in [-0.1, -0.05) is 47.1 Å². The summed E-state index contributed by atoms with van der Waals surface area (Å²) < 4.78 is 0. The van der Waals surface area contributed by atoms with E-state index in [-0.39, 0.29) is 12.5 Å². The van der Waals surface area contributed by atoms with Crippen LogP contribution in [-0.2, 0) is 0 Å². The molecular weight excluding hydrogens is 334 g/mol. The minimum Gasteiger partial charge on any atom is -0.396 e. The minimum atomic E-state index is -0.0931. The van der Waals surface area contributed by atoms with Gasteiger partial charge in [-0.3, -0.25) is 4.79 Å². The van der Waals surface area contributed by atoms with E-state index in [1.54, 1.807) is 0 Å². The normalized spacial score (nSPS) is 12.0. The van der Waals surface area contributed by atoms with Crippen molar-refractivity contribution in [2.24, 2.45) is 0 Å². The maximum atomic E-state index is 12.0. The molecule has 148 valence electrons. The van der Waals surface area contributed by atoms with Crippen LogP contribution in [0.5, 0.6) is 0 Å². The number of hydrogen-bond donors (Lipinski definition) is 2. The van der Waals surface area contributed by atoms with Crippen molar-refractivity contribution >= 4 is 12.0 Å². The van der Waals surface area contributed by atoms with Crippen LogP contribution < -0.4 is 5.32 Å². The fraction of sp³-hybridized carbons (Fsp3) is 0.458. The summed E-state index contributed by atoms with van der Waals surface area (Å²) in [5.41, 5.74) is 5.94. The number of allylic oxidation sites excluding steroid dienone is 5. The zero-order chi connectivity index (χ0) is 20.1. The van der Waals surface area contributed by atoms with Crippen molar-refractivity contribution in [2.75, 3.05) is 13.2 Å². The average Bonchev–Trinajstić information content (AvgIpc) is 2.62. The first kappa shape index (κ1) is 22.9. The summed E-state index contributed by atoms with van der Waals surface area (Å²) in [6.45, 7) is 9.24. The van der Waals surface area contributed by atoms with Gasteiger partial charge in [-0.15, -0.1) is 0 Å². The van der Waals surface area contributed by atoms with Crippen molar-refractivity contribution < 1.29 is 9.90 Å². The molecule has 0 spiro atoms. The number of carbonyl (C=O) groups is 1. The predicted octanol–water partition coefficient (Wildman–Crippen LogP) is 5.68. The molecule has 1 aromatic rings. The molecule has 3 heteroatoms. The van der Waals surface area contributed by atoms with E-state index in [0.29, 0.717) is 18.5 Å². The van der Waals surface area contributed by atoms with Crippen LogP contribution in [0, 0.1) is 0 Å². The molecule has 0 saturated carbocycles. The molecule has 0 bridgehead atoms. The zero-order valence-corrected chi connectivity index (χ0v) is 17.3. The van der Waals surface area contributed by atoms with Gasteiger partial charge in [0.25, 0.3) is 5.91 Å². The van der Waals surface area contributed by atoms with Crippen molar-refractivity contribution in [3.05, 3.63) is 64.3 Å². The van der Waals surface area contributed by atoms with Crippen LogP contribution in [0.4, 0.5) is 0 Å². The molecule has 0 aromatic heterocycles. The van der Waals surface area contributed by atoms with E-state index in [1.807, 2.05) is 24.3 Å². The molecule has 1 amide bonds. The van der Waals surface area contributed by atoms with E-state index in [2.05, 4.69) is 51.2 Å². The molecule has 0 saturated heterocycles. The number of benzene rings is 1. The third kappa shape index (κ3) is 10.6. The fourth-order valence-electron chi connectivity index (χ4n) is 2.71. The summed E-state index contributed by atoms with van der Waals surface area (Å²) in [7, 11) is 0. The zero-order valence-electron chi connectivity index (χ0n) is 17.3. The van der Waals surface area contributed by atoms with Gasteiger partial charge >= 0.3 is 0 Å². The van der Waals surface area contributed by atoms with E-state index in [9.17, 15) is 4.79 Å². The molecule has 0 fully saturated rings. The average molecular weight is 370 g/mol. The Labute approximate surface area is 164 Å². The summed E-state index contributed by atoms with van der Waals surface area (Å²) in [5.74, 6) is -0.0931. The number of aliphatic hydroxyl groups is 1. The molecule has 0 aliphatic rings. The van der Waals surface area contributed by atoms with Gasteiger partial charge in [0.05, 0.1) is 0 Å². The summed E-state index contributed by atoms with van der Waals surface area (Å²) in [6, 6.07) is 7.65. The van der Waals surface area contributed by atoms with Gasteiger partial charge < -0.3 is 10.4 Å². The lowest BCUT2D eigenvalue weighted by molar-refractivity contribution is 0.0951. The first-order chi connectivity index (χ1) is 12.9. The minimum absolute atomic E-state index is 0.0907. The lowest BCUT2D eigenvalue weighted by atomic mass is 10.0. The molecule has 3 nitrogen and oxygen atoms in total. The number of nitrogens with one attached hydrogen (secondary N) is 1. The Morgan fingerprint density at radius 2 is 1.59 bits per heavy atom. The third-order valence-corrected chi connectivity index (χ3v) is 4.33. The molecule has 0 aliphatic heterocycles. The highest BCUT2D eigenvalue weighted by Gasteiger charge is 2.03. The Hall–Kier alpha value is -2.13. The van der Waals surface area contributed by atoms with E-state index < -0.39 is 0 Å². The second-order valence-electron chi connectivity index (χ2n) is 7.36. The number of hydrogen-bond acceptors (Lipinski definition) is 2. The number of carbonyl (C=O) groups excluding carboxylic acids is 1. The summed E-state index contributed by atoms with van der Waals surface area (Å²) in [4.78, 5) is 12.0. The number of amides is 1. The standard InChI is InChI=1S/C24H35NO2/c1-19(2)8-5-9-20(3)10-6-11-21(4)18-22-12-14-23(15-13-22)24(27)25-16-7-17-26/h8,10,12-15,18,26H,5-7,9,11,16-17H2,1-4H3,(H,25,27). The highest BCUT2D eigenvalue weighted by molar-refractivity contribution is 5.94. The second kappa shape index (κ2) is 13.1. The highest BCUT2D eigenvalue weighted by atomic mass is 16.3. The van der Waals surface area contributed by atoms with Crippen LogP contribution in [0.2, 0.25) is 0 Å². The Morgan fingerprint density at radius 1 is 0.963 bits per heavy atom. The predicted molar refractivity (Wildman–Crippen MR) is 116 cm³/mol. The van der Waals surface area contributed by atoms with E-state index >= 15 is 0 Å². The topological polar surface area (TPSA) is 49.3 Å². The summed E-state index contributed by atoms with van der Waals surface area (Å²) in [5, 5.41) is 11.6. The Balaban J connectivity index is 2.47. The van der Waals surface area contributed by atoms with Gasteiger partial charge in [0.2, 0.25) is 0 Å².